The molecule has 2 atom stereocenters. The number of carboxylic acid groups (broad SMARTS) is 1. The fraction of sp³-hybridized carbons (Fsp3) is 0.615. The molecule has 0 aromatic carbocycles. The molecule has 2 N–H and O–H groups in total. The van der Waals surface area contributed by atoms with Gasteiger partial charge < -0.3 is 15.3 Å². The van der Waals surface area contributed by atoms with Crippen molar-refractivity contribution in [1.82, 2.24) is 15.2 Å². The van der Waals surface area contributed by atoms with Gasteiger partial charge in [0.2, 0.25) is 0 Å². The molecule has 1 saturated heterocycles. The lowest BCUT2D eigenvalue weighted by molar-refractivity contribution is -0.141. The van der Waals surface area contributed by atoms with Crippen LogP contribution in [0.25, 0.3) is 0 Å². The molecule has 7 heteroatoms. The number of amides is 2. The van der Waals surface area contributed by atoms with Crippen LogP contribution < -0.4 is 5.32 Å². The maximum absolute atomic E-state index is 12.1. The first-order valence-electron chi connectivity index (χ1n) is 6.77. The highest BCUT2D eigenvalue weighted by Crippen LogP contribution is 2.22. The van der Waals surface area contributed by atoms with E-state index in [1.165, 1.54) is 9.78 Å². The number of nitrogens with one attached hydrogen (secondary N) is 1. The Hall–Kier alpha value is -1.63. The van der Waals surface area contributed by atoms with Crippen molar-refractivity contribution in [2.45, 2.75) is 45.2 Å². The number of nitrogens with zero attached hydrogens (tertiary/aromatic N) is 2. The minimum atomic E-state index is -0.937. The van der Waals surface area contributed by atoms with Gasteiger partial charge in [-0.1, -0.05) is 6.92 Å². The molecule has 0 bridgehead atoms. The molecular weight excluding hydrogens is 278 g/mol. The lowest BCUT2D eigenvalue weighted by Crippen LogP contribution is -2.46. The molecule has 1 unspecified atom stereocenters. The van der Waals surface area contributed by atoms with E-state index in [2.05, 4.69) is 17.2 Å². The molecule has 2 heterocycles. The van der Waals surface area contributed by atoms with Gasteiger partial charge in [-0.15, -0.1) is 11.3 Å². The summed E-state index contributed by atoms with van der Waals surface area (Å²) in [5.41, 5.74) is 0. The van der Waals surface area contributed by atoms with Crippen LogP contribution in [-0.2, 0) is 11.2 Å². The van der Waals surface area contributed by atoms with E-state index in [0.29, 0.717) is 13.0 Å². The molecule has 110 valence electrons. The zero-order valence-electron chi connectivity index (χ0n) is 11.6. The summed E-state index contributed by atoms with van der Waals surface area (Å²) < 4.78 is 0. The summed E-state index contributed by atoms with van der Waals surface area (Å²) in [5.74, 6) is -0.937. The predicted octanol–water partition coefficient (Wildman–Crippen LogP) is 2.03. The van der Waals surface area contributed by atoms with Gasteiger partial charge in [0.05, 0.1) is 6.04 Å². The number of aromatic nitrogens is 1. The highest BCUT2D eigenvalue weighted by atomic mass is 32.1. The fourth-order valence-electron chi connectivity index (χ4n) is 2.28. The van der Waals surface area contributed by atoms with E-state index in [1.54, 1.807) is 11.3 Å². The standard InChI is InChI=1S/C13H19N3O3S/c1-3-9-7-14-11(20-9)8(2)15-13(19)16-6-4-5-10(16)12(17)18/h7-8,10H,3-6H2,1-2H3,(H,15,19)(H,17,18)/t8?,10-/m1/s1. The Kier molecular flexibility index (Phi) is 4.59. The van der Waals surface area contributed by atoms with Crippen LogP contribution in [0.3, 0.4) is 0 Å². The van der Waals surface area contributed by atoms with Crippen LogP contribution in [-0.4, -0.2) is 39.6 Å². The number of urea groups is 1. The minimum Gasteiger partial charge on any atom is -0.480 e. The summed E-state index contributed by atoms with van der Waals surface area (Å²) in [6.45, 7) is 4.41. The van der Waals surface area contributed by atoms with Gasteiger partial charge in [0.25, 0.3) is 0 Å². The van der Waals surface area contributed by atoms with Crippen molar-refractivity contribution >= 4 is 23.3 Å². The van der Waals surface area contributed by atoms with Crippen molar-refractivity contribution in [2.24, 2.45) is 0 Å². The number of thiazole rings is 1. The van der Waals surface area contributed by atoms with Gasteiger partial charge in [-0.05, 0) is 26.2 Å². The van der Waals surface area contributed by atoms with Crippen LogP contribution in [0, 0.1) is 0 Å². The first-order valence-corrected chi connectivity index (χ1v) is 7.59. The summed E-state index contributed by atoms with van der Waals surface area (Å²) in [6, 6.07) is -1.23. The van der Waals surface area contributed by atoms with Gasteiger partial charge in [0.1, 0.15) is 11.0 Å². The molecule has 0 saturated carbocycles. The van der Waals surface area contributed by atoms with Crippen molar-refractivity contribution in [3.8, 4) is 0 Å². The zero-order valence-corrected chi connectivity index (χ0v) is 12.4. The topological polar surface area (TPSA) is 82.5 Å². The second kappa shape index (κ2) is 6.21. The Morgan fingerprint density at radius 3 is 3.00 bits per heavy atom. The van der Waals surface area contributed by atoms with Gasteiger partial charge in [0.15, 0.2) is 0 Å². The van der Waals surface area contributed by atoms with Crippen LogP contribution >= 0.6 is 11.3 Å². The second-order valence-corrected chi connectivity index (χ2v) is 6.03. The SMILES string of the molecule is CCc1cnc(C(C)NC(=O)N2CCC[C@@H]2C(=O)O)s1. The number of aliphatic carboxylic acids is 1. The quantitative estimate of drug-likeness (QED) is 0.890. The molecule has 2 amide bonds. The number of carbonyl (C=O) groups excluding carboxylic acids is 1. The van der Waals surface area contributed by atoms with Crippen LogP contribution in [0.2, 0.25) is 0 Å². The van der Waals surface area contributed by atoms with E-state index in [4.69, 9.17) is 5.11 Å². The molecule has 0 radical (unpaired) electrons. The van der Waals surface area contributed by atoms with Gasteiger partial charge in [-0.2, -0.15) is 0 Å². The normalized spacial score (nSPS) is 19.9. The second-order valence-electron chi connectivity index (χ2n) is 4.88. The van der Waals surface area contributed by atoms with E-state index in [1.807, 2.05) is 13.1 Å². The lowest BCUT2D eigenvalue weighted by atomic mass is 10.2. The Morgan fingerprint density at radius 1 is 1.65 bits per heavy atom. The maximum atomic E-state index is 12.1. The van der Waals surface area contributed by atoms with Crippen molar-refractivity contribution in [2.75, 3.05) is 6.54 Å². The number of rotatable bonds is 4. The molecule has 1 aromatic rings. The van der Waals surface area contributed by atoms with Crippen LogP contribution in [0.1, 0.15) is 42.6 Å². The van der Waals surface area contributed by atoms with Gasteiger partial charge in [-0.25, -0.2) is 14.6 Å². The summed E-state index contributed by atoms with van der Waals surface area (Å²) in [4.78, 5) is 30.1. The molecule has 1 fully saturated rings. The van der Waals surface area contributed by atoms with E-state index >= 15 is 0 Å². The predicted molar refractivity (Wildman–Crippen MR) is 75.8 cm³/mol. The molecular formula is C13H19N3O3S. The Morgan fingerprint density at radius 2 is 2.40 bits per heavy atom. The molecule has 1 aliphatic rings. The van der Waals surface area contributed by atoms with E-state index in [9.17, 15) is 9.59 Å². The fourth-order valence-corrected chi connectivity index (χ4v) is 3.14. The molecule has 0 spiro atoms. The number of hydrogen-bond acceptors (Lipinski definition) is 4. The van der Waals surface area contributed by atoms with Crippen LogP contribution in [0.4, 0.5) is 4.79 Å². The largest absolute Gasteiger partial charge is 0.480 e. The van der Waals surface area contributed by atoms with E-state index < -0.39 is 12.0 Å². The Bertz CT molecular complexity index is 503. The van der Waals surface area contributed by atoms with Crippen molar-refractivity contribution < 1.29 is 14.7 Å². The minimum absolute atomic E-state index is 0.206. The molecule has 6 nitrogen and oxygen atoms in total. The summed E-state index contributed by atoms with van der Waals surface area (Å²) >= 11 is 1.57. The monoisotopic (exact) mass is 297 g/mol. The Balaban J connectivity index is 1.98. The third-order valence-corrected chi connectivity index (χ3v) is 4.75. The van der Waals surface area contributed by atoms with Gasteiger partial charge >= 0.3 is 12.0 Å². The first-order chi connectivity index (χ1) is 9.52. The van der Waals surface area contributed by atoms with E-state index in [0.717, 1.165) is 17.8 Å². The maximum Gasteiger partial charge on any atom is 0.326 e. The average Bonchev–Trinajstić information content (AvgIpc) is 3.07. The summed E-state index contributed by atoms with van der Waals surface area (Å²) in [7, 11) is 0. The van der Waals surface area contributed by atoms with Crippen molar-refractivity contribution in [3.63, 3.8) is 0 Å². The number of likely N-dealkylation sites (tertiary alicyclic amines) is 1. The average molecular weight is 297 g/mol. The van der Waals surface area contributed by atoms with Crippen molar-refractivity contribution in [1.29, 1.82) is 0 Å². The Labute approximate surface area is 121 Å². The van der Waals surface area contributed by atoms with Crippen molar-refractivity contribution in [3.05, 3.63) is 16.1 Å². The van der Waals surface area contributed by atoms with E-state index in [-0.39, 0.29) is 12.1 Å². The molecule has 2 rings (SSSR count). The molecule has 0 aliphatic carbocycles. The third-order valence-electron chi connectivity index (χ3n) is 3.43. The highest BCUT2D eigenvalue weighted by Gasteiger charge is 2.34. The third kappa shape index (κ3) is 3.09. The summed E-state index contributed by atoms with van der Waals surface area (Å²) in [5, 5.41) is 12.8. The van der Waals surface area contributed by atoms with Crippen LogP contribution in [0.5, 0.6) is 0 Å². The zero-order chi connectivity index (χ0) is 14.7. The molecule has 1 aliphatic heterocycles. The number of carboxylic acids is 1. The summed E-state index contributed by atoms with van der Waals surface area (Å²) in [6.07, 6.45) is 3.99. The number of carbonyl (C=O) groups is 2. The van der Waals surface area contributed by atoms with Gasteiger partial charge in [-0.3, -0.25) is 0 Å². The smallest absolute Gasteiger partial charge is 0.326 e. The lowest BCUT2D eigenvalue weighted by Gasteiger charge is -2.23. The van der Waals surface area contributed by atoms with Crippen LogP contribution in [0.15, 0.2) is 6.20 Å². The number of aryl methyl sites for hydroxylation is 1. The first kappa shape index (κ1) is 14.8. The highest BCUT2D eigenvalue weighted by molar-refractivity contribution is 7.11. The molecule has 20 heavy (non-hydrogen) atoms. The number of hydrogen-bond donors (Lipinski definition) is 2. The molecule has 1 aromatic heterocycles. The van der Waals surface area contributed by atoms with Gasteiger partial charge in [0, 0.05) is 17.6 Å².